The Kier molecular flexibility index (Phi) is 6.84. The highest BCUT2D eigenvalue weighted by molar-refractivity contribution is 7.99. The van der Waals surface area contributed by atoms with Crippen LogP contribution in [0.2, 0.25) is 0 Å². The molecule has 1 amide bonds. The molecule has 0 saturated carbocycles. The van der Waals surface area contributed by atoms with E-state index in [0.29, 0.717) is 12.3 Å². The topological polar surface area (TPSA) is 94.9 Å². The van der Waals surface area contributed by atoms with Crippen molar-refractivity contribution in [2.24, 2.45) is 11.8 Å². The Balaban J connectivity index is 2.51. The average molecular weight is 303 g/mol. The van der Waals surface area contributed by atoms with Crippen molar-refractivity contribution in [1.82, 2.24) is 4.90 Å². The summed E-state index contributed by atoms with van der Waals surface area (Å²) in [6.45, 7) is 2.41. The van der Waals surface area contributed by atoms with Gasteiger partial charge in [-0.05, 0) is 18.6 Å². The highest BCUT2D eigenvalue weighted by Crippen LogP contribution is 2.25. The summed E-state index contributed by atoms with van der Waals surface area (Å²) >= 11 is 1.54. The molecule has 1 aliphatic rings. The Morgan fingerprint density at radius 2 is 1.85 bits per heavy atom. The van der Waals surface area contributed by atoms with E-state index in [4.69, 9.17) is 10.2 Å². The normalized spacial score (nSPS) is 22.6. The lowest BCUT2D eigenvalue weighted by atomic mass is 9.85. The second-order valence-corrected chi connectivity index (χ2v) is 6.03. The van der Waals surface area contributed by atoms with Crippen molar-refractivity contribution < 1.29 is 24.6 Å². The standard InChI is InChI=1S/C13H21NO5S/c1-2-3-6-20-8-11(15)14-5-4-9(12(16)17)10(7-14)13(18)19/h9-10H,2-8H2,1H3,(H,16,17)(H,18,19). The number of carboxylic acid groups (broad SMARTS) is 2. The molecule has 7 heteroatoms. The number of aliphatic carboxylic acids is 2. The molecule has 1 fully saturated rings. The second kappa shape index (κ2) is 8.14. The lowest BCUT2D eigenvalue weighted by molar-refractivity contribution is -0.158. The number of hydrogen-bond acceptors (Lipinski definition) is 4. The first-order valence-electron chi connectivity index (χ1n) is 6.78. The lowest BCUT2D eigenvalue weighted by Gasteiger charge is -2.34. The van der Waals surface area contributed by atoms with Crippen LogP contribution < -0.4 is 0 Å². The first-order valence-corrected chi connectivity index (χ1v) is 7.94. The second-order valence-electron chi connectivity index (χ2n) is 4.92. The molecule has 0 aliphatic carbocycles. The van der Waals surface area contributed by atoms with Crippen molar-refractivity contribution in [2.45, 2.75) is 26.2 Å². The summed E-state index contributed by atoms with van der Waals surface area (Å²) in [5, 5.41) is 18.1. The third-order valence-corrected chi connectivity index (χ3v) is 4.50. The monoisotopic (exact) mass is 303 g/mol. The fraction of sp³-hybridized carbons (Fsp3) is 0.769. The number of carbonyl (C=O) groups is 3. The van der Waals surface area contributed by atoms with Gasteiger partial charge in [0.25, 0.3) is 0 Å². The molecule has 0 aromatic rings. The first-order chi connectivity index (χ1) is 9.47. The molecular weight excluding hydrogens is 282 g/mol. The van der Waals surface area contributed by atoms with Crippen molar-refractivity contribution >= 4 is 29.6 Å². The molecule has 0 spiro atoms. The Bertz CT molecular complexity index is 374. The molecule has 0 aromatic heterocycles. The van der Waals surface area contributed by atoms with Crippen molar-refractivity contribution in [3.05, 3.63) is 0 Å². The van der Waals surface area contributed by atoms with Gasteiger partial charge in [0.2, 0.25) is 5.91 Å². The number of rotatable bonds is 7. The van der Waals surface area contributed by atoms with E-state index < -0.39 is 23.8 Å². The summed E-state index contributed by atoms with van der Waals surface area (Å²) in [6.07, 6.45) is 2.33. The largest absolute Gasteiger partial charge is 0.481 e. The number of likely N-dealkylation sites (tertiary alicyclic amines) is 1. The number of carbonyl (C=O) groups excluding carboxylic acids is 1. The Labute approximate surface area is 122 Å². The van der Waals surface area contributed by atoms with Crippen LogP contribution in [0.15, 0.2) is 0 Å². The van der Waals surface area contributed by atoms with Gasteiger partial charge in [-0.2, -0.15) is 11.8 Å². The van der Waals surface area contributed by atoms with Crippen LogP contribution in [0.5, 0.6) is 0 Å². The Morgan fingerprint density at radius 3 is 2.40 bits per heavy atom. The van der Waals surface area contributed by atoms with E-state index in [0.717, 1.165) is 18.6 Å². The minimum Gasteiger partial charge on any atom is -0.481 e. The predicted octanol–water partition coefficient (Wildman–Crippen LogP) is 1.15. The highest BCUT2D eigenvalue weighted by Gasteiger charge is 2.39. The molecule has 2 N–H and O–H groups in total. The van der Waals surface area contributed by atoms with Gasteiger partial charge in [0, 0.05) is 13.1 Å². The Hall–Kier alpha value is -1.24. The van der Waals surface area contributed by atoms with Crippen LogP contribution in [0.3, 0.4) is 0 Å². The number of amides is 1. The van der Waals surface area contributed by atoms with Gasteiger partial charge in [-0.25, -0.2) is 0 Å². The van der Waals surface area contributed by atoms with Gasteiger partial charge >= 0.3 is 11.9 Å². The maximum absolute atomic E-state index is 12.0. The molecule has 0 aromatic carbocycles. The number of thioether (sulfide) groups is 1. The number of nitrogens with zero attached hydrogens (tertiary/aromatic N) is 1. The van der Waals surface area contributed by atoms with Crippen LogP contribution in [0, 0.1) is 11.8 Å². The summed E-state index contributed by atoms with van der Waals surface area (Å²) in [6, 6.07) is 0. The molecule has 6 nitrogen and oxygen atoms in total. The SMILES string of the molecule is CCCCSCC(=O)N1CCC(C(=O)O)C(C(=O)O)C1. The van der Waals surface area contributed by atoms with Gasteiger partial charge in [-0.15, -0.1) is 0 Å². The number of piperidine rings is 1. The van der Waals surface area contributed by atoms with Gasteiger partial charge in [-0.3, -0.25) is 14.4 Å². The van der Waals surface area contributed by atoms with Crippen molar-refractivity contribution in [2.75, 3.05) is 24.6 Å². The smallest absolute Gasteiger partial charge is 0.309 e. The zero-order chi connectivity index (χ0) is 15.1. The Morgan fingerprint density at radius 1 is 1.20 bits per heavy atom. The number of hydrogen-bond donors (Lipinski definition) is 2. The summed E-state index contributed by atoms with van der Waals surface area (Å²) in [4.78, 5) is 35.6. The third kappa shape index (κ3) is 4.70. The summed E-state index contributed by atoms with van der Waals surface area (Å²) < 4.78 is 0. The van der Waals surface area contributed by atoms with Gasteiger partial charge in [0.05, 0.1) is 17.6 Å². The molecule has 0 bridgehead atoms. The molecule has 20 heavy (non-hydrogen) atoms. The number of unbranched alkanes of at least 4 members (excludes halogenated alkanes) is 1. The zero-order valence-electron chi connectivity index (χ0n) is 11.6. The summed E-state index contributed by atoms with van der Waals surface area (Å²) in [5.41, 5.74) is 0. The lowest BCUT2D eigenvalue weighted by Crippen LogP contribution is -2.49. The van der Waals surface area contributed by atoms with E-state index >= 15 is 0 Å². The van der Waals surface area contributed by atoms with E-state index in [1.165, 1.54) is 4.90 Å². The van der Waals surface area contributed by atoms with Crippen LogP contribution >= 0.6 is 11.8 Å². The minimum atomic E-state index is -1.14. The van der Waals surface area contributed by atoms with Gasteiger partial charge in [0.1, 0.15) is 0 Å². The van der Waals surface area contributed by atoms with E-state index in [-0.39, 0.29) is 18.9 Å². The average Bonchev–Trinajstić information content (AvgIpc) is 2.42. The molecule has 114 valence electrons. The van der Waals surface area contributed by atoms with Crippen LogP contribution in [0.1, 0.15) is 26.2 Å². The minimum absolute atomic E-state index is 0.000525. The molecule has 1 rings (SSSR count). The van der Waals surface area contributed by atoms with E-state index in [9.17, 15) is 14.4 Å². The maximum Gasteiger partial charge on any atom is 0.309 e. The van der Waals surface area contributed by atoms with E-state index in [1.807, 2.05) is 0 Å². The van der Waals surface area contributed by atoms with Crippen LogP contribution in [-0.4, -0.2) is 57.6 Å². The van der Waals surface area contributed by atoms with Crippen LogP contribution in [0.4, 0.5) is 0 Å². The first kappa shape index (κ1) is 16.8. The quantitative estimate of drug-likeness (QED) is 0.685. The fourth-order valence-corrected chi connectivity index (χ4v) is 3.22. The molecule has 2 unspecified atom stereocenters. The van der Waals surface area contributed by atoms with Crippen LogP contribution in [-0.2, 0) is 14.4 Å². The predicted molar refractivity (Wildman–Crippen MR) is 75.7 cm³/mol. The van der Waals surface area contributed by atoms with Gasteiger partial charge in [-0.1, -0.05) is 13.3 Å². The number of carboxylic acids is 2. The van der Waals surface area contributed by atoms with Crippen molar-refractivity contribution in [3.63, 3.8) is 0 Å². The van der Waals surface area contributed by atoms with Crippen molar-refractivity contribution in [3.8, 4) is 0 Å². The summed E-state index contributed by atoms with van der Waals surface area (Å²) in [5.74, 6) is -2.99. The molecule has 1 aliphatic heterocycles. The van der Waals surface area contributed by atoms with E-state index in [1.54, 1.807) is 11.8 Å². The maximum atomic E-state index is 12.0. The molecular formula is C13H21NO5S. The fourth-order valence-electron chi connectivity index (χ4n) is 2.22. The van der Waals surface area contributed by atoms with E-state index in [2.05, 4.69) is 6.92 Å². The highest BCUT2D eigenvalue weighted by atomic mass is 32.2. The molecule has 2 atom stereocenters. The van der Waals surface area contributed by atoms with Gasteiger partial charge < -0.3 is 15.1 Å². The summed E-state index contributed by atoms with van der Waals surface area (Å²) in [7, 11) is 0. The van der Waals surface area contributed by atoms with Crippen LogP contribution in [0.25, 0.3) is 0 Å². The van der Waals surface area contributed by atoms with Crippen molar-refractivity contribution in [1.29, 1.82) is 0 Å². The molecule has 1 heterocycles. The molecule has 0 radical (unpaired) electrons. The van der Waals surface area contributed by atoms with Gasteiger partial charge in [0.15, 0.2) is 0 Å². The third-order valence-electron chi connectivity index (χ3n) is 3.47. The molecule has 1 saturated heterocycles. The zero-order valence-corrected chi connectivity index (χ0v) is 12.4.